The first kappa shape index (κ1) is 12.7. The summed E-state index contributed by atoms with van der Waals surface area (Å²) in [5.74, 6) is 0. The molecule has 0 spiro atoms. The van der Waals surface area contributed by atoms with Crippen LogP contribution in [0.1, 0.15) is 32.6 Å². The van der Waals surface area contributed by atoms with Gasteiger partial charge in [-0.2, -0.15) is 0 Å². The van der Waals surface area contributed by atoms with E-state index in [1.54, 1.807) is 0 Å². The van der Waals surface area contributed by atoms with Gasteiger partial charge >= 0.3 is 0 Å². The van der Waals surface area contributed by atoms with Gasteiger partial charge in [-0.1, -0.05) is 26.6 Å². The average Bonchev–Trinajstić information content (AvgIpc) is 2.28. The lowest BCUT2D eigenvalue weighted by Gasteiger charge is -2.45. The Labute approximate surface area is 93.7 Å². The zero-order chi connectivity index (χ0) is 11.5. The van der Waals surface area contributed by atoms with E-state index in [2.05, 4.69) is 26.6 Å². The molecule has 1 rings (SSSR count). The fraction of sp³-hybridized carbons (Fsp3) is 0.750. The number of carbonyl (C=O) groups is 1. The third-order valence-corrected chi connectivity index (χ3v) is 8.33. The Kier molecular flexibility index (Phi) is 3.90. The molecule has 1 heterocycles. The van der Waals surface area contributed by atoms with Crippen LogP contribution >= 0.6 is 0 Å². The summed E-state index contributed by atoms with van der Waals surface area (Å²) >= 11 is 0. The molecule has 1 saturated heterocycles. The van der Waals surface area contributed by atoms with E-state index in [1.165, 1.54) is 12.5 Å². The van der Waals surface area contributed by atoms with Crippen LogP contribution in [-0.4, -0.2) is 25.3 Å². The van der Waals surface area contributed by atoms with Crippen LogP contribution in [0.4, 0.5) is 0 Å². The quantitative estimate of drug-likeness (QED) is 0.544. The minimum atomic E-state index is -2.04. The molecule has 15 heavy (non-hydrogen) atoms. The first-order valence-corrected chi connectivity index (χ1v) is 8.81. The summed E-state index contributed by atoms with van der Waals surface area (Å²) in [6.07, 6.45) is 5.80. The lowest BCUT2D eigenvalue weighted by molar-refractivity contribution is -0.110. The van der Waals surface area contributed by atoms with Gasteiger partial charge in [0.25, 0.3) is 0 Å². The molecule has 0 radical (unpaired) electrons. The number of allylic oxidation sites excluding steroid dienone is 1. The van der Waals surface area contributed by atoms with E-state index in [0.29, 0.717) is 0 Å². The Morgan fingerprint density at radius 2 is 2.20 bits per heavy atom. The van der Waals surface area contributed by atoms with Crippen LogP contribution < -0.4 is 0 Å². The number of rotatable bonds is 4. The normalized spacial score (nSPS) is 27.4. The molecular weight excluding hydrogens is 204 g/mol. The zero-order valence-electron chi connectivity index (χ0n) is 10.1. The summed E-state index contributed by atoms with van der Waals surface area (Å²) in [5.41, 5.74) is 0. The molecule has 0 saturated carbocycles. The topological polar surface area (TPSA) is 26.3 Å². The van der Waals surface area contributed by atoms with E-state index >= 15 is 0 Å². The molecule has 2 nitrogen and oxygen atoms in total. The summed E-state index contributed by atoms with van der Waals surface area (Å²) in [6.45, 7) is 10.8. The van der Waals surface area contributed by atoms with Gasteiger partial charge in [0.2, 0.25) is 0 Å². The van der Waals surface area contributed by atoms with Crippen molar-refractivity contribution in [3.8, 4) is 0 Å². The van der Waals surface area contributed by atoms with Gasteiger partial charge in [0.05, 0.1) is 5.22 Å². The second-order valence-electron chi connectivity index (χ2n) is 4.85. The van der Waals surface area contributed by atoms with Gasteiger partial charge in [0.1, 0.15) is 5.41 Å². The number of hydrogen-bond acceptors (Lipinski definition) is 2. The summed E-state index contributed by atoms with van der Waals surface area (Å²) < 4.78 is 6.00. The van der Waals surface area contributed by atoms with Crippen LogP contribution in [0.3, 0.4) is 0 Å². The van der Waals surface area contributed by atoms with Gasteiger partial charge in [0.15, 0.2) is 8.07 Å². The maximum atomic E-state index is 12.0. The maximum Gasteiger partial charge on any atom is 0.167 e. The standard InChI is InChI=1S/C12H22O2Si/c1-5-11(13)15(3,4)12(6-2)9-7-8-10-14-12/h5H,1,6-10H2,2-4H3. The van der Waals surface area contributed by atoms with Crippen molar-refractivity contribution in [1.29, 1.82) is 0 Å². The van der Waals surface area contributed by atoms with Crippen LogP contribution in [0, 0.1) is 0 Å². The van der Waals surface area contributed by atoms with Crippen LogP contribution in [0.2, 0.25) is 13.1 Å². The molecule has 1 aliphatic heterocycles. The van der Waals surface area contributed by atoms with Gasteiger partial charge in [-0.25, -0.2) is 0 Å². The molecule has 0 aromatic rings. The Balaban J connectivity index is 2.97. The fourth-order valence-electron chi connectivity index (χ4n) is 2.55. The molecule has 3 heteroatoms. The highest BCUT2D eigenvalue weighted by Crippen LogP contribution is 2.37. The predicted octanol–water partition coefficient (Wildman–Crippen LogP) is 2.88. The summed E-state index contributed by atoms with van der Waals surface area (Å²) in [6, 6.07) is 0. The fourth-order valence-corrected chi connectivity index (χ4v) is 5.65. The van der Waals surface area contributed by atoms with Gasteiger partial charge in [-0.15, -0.1) is 0 Å². The Hall–Kier alpha value is -0.413. The molecule has 0 aromatic heterocycles. The summed E-state index contributed by atoms with van der Waals surface area (Å²) in [7, 11) is -2.04. The van der Waals surface area contributed by atoms with Crippen molar-refractivity contribution in [2.75, 3.05) is 6.61 Å². The third kappa shape index (κ3) is 2.08. The molecule has 0 aliphatic carbocycles. The van der Waals surface area contributed by atoms with Gasteiger partial charge in [-0.3, -0.25) is 0 Å². The second kappa shape index (κ2) is 4.62. The average molecular weight is 226 g/mol. The predicted molar refractivity (Wildman–Crippen MR) is 65.5 cm³/mol. The van der Waals surface area contributed by atoms with Crippen LogP contribution in [0.25, 0.3) is 0 Å². The smallest absolute Gasteiger partial charge is 0.167 e. The molecule has 0 amide bonds. The van der Waals surface area contributed by atoms with Crippen molar-refractivity contribution in [3.05, 3.63) is 12.7 Å². The zero-order valence-corrected chi connectivity index (χ0v) is 11.1. The van der Waals surface area contributed by atoms with Crippen molar-refractivity contribution in [2.45, 2.75) is 50.9 Å². The first-order chi connectivity index (χ1) is 7.00. The van der Waals surface area contributed by atoms with E-state index in [9.17, 15) is 4.79 Å². The van der Waals surface area contributed by atoms with E-state index < -0.39 is 8.07 Å². The molecule has 1 unspecified atom stereocenters. The summed E-state index contributed by atoms with van der Waals surface area (Å²) in [5, 5.41) is 0.0857. The van der Waals surface area contributed by atoms with Crippen molar-refractivity contribution in [1.82, 2.24) is 0 Å². The molecule has 0 N–H and O–H groups in total. The molecule has 86 valence electrons. The molecular formula is C12H22O2Si. The minimum Gasteiger partial charge on any atom is -0.378 e. The Morgan fingerprint density at radius 1 is 1.53 bits per heavy atom. The number of carbonyl (C=O) groups excluding carboxylic acids is 1. The Bertz CT molecular complexity index is 252. The SMILES string of the molecule is C=CC(=O)[Si](C)(C)C1(CC)CCCCO1. The first-order valence-electron chi connectivity index (χ1n) is 5.81. The van der Waals surface area contributed by atoms with E-state index in [-0.39, 0.29) is 10.6 Å². The summed E-state index contributed by atoms with van der Waals surface area (Å²) in [4.78, 5) is 12.0. The highest BCUT2D eigenvalue weighted by Gasteiger charge is 2.51. The van der Waals surface area contributed by atoms with Crippen LogP contribution in [-0.2, 0) is 9.53 Å². The minimum absolute atomic E-state index is 0.142. The van der Waals surface area contributed by atoms with Crippen molar-refractivity contribution in [3.63, 3.8) is 0 Å². The van der Waals surface area contributed by atoms with Crippen molar-refractivity contribution < 1.29 is 9.53 Å². The van der Waals surface area contributed by atoms with E-state index in [4.69, 9.17) is 4.74 Å². The van der Waals surface area contributed by atoms with Gasteiger partial charge in [0, 0.05) is 6.61 Å². The monoisotopic (exact) mass is 226 g/mol. The maximum absolute atomic E-state index is 12.0. The molecule has 0 bridgehead atoms. The molecule has 1 atom stereocenters. The Morgan fingerprint density at radius 3 is 2.60 bits per heavy atom. The highest BCUT2D eigenvalue weighted by molar-refractivity contribution is 7.07. The van der Waals surface area contributed by atoms with E-state index in [0.717, 1.165) is 25.9 Å². The lowest BCUT2D eigenvalue weighted by atomic mass is 10.1. The van der Waals surface area contributed by atoms with Gasteiger partial charge < -0.3 is 9.53 Å². The lowest BCUT2D eigenvalue weighted by Crippen LogP contribution is -2.61. The van der Waals surface area contributed by atoms with Crippen molar-refractivity contribution in [2.24, 2.45) is 0 Å². The highest BCUT2D eigenvalue weighted by atomic mass is 28.3. The van der Waals surface area contributed by atoms with Crippen LogP contribution in [0.5, 0.6) is 0 Å². The van der Waals surface area contributed by atoms with Crippen molar-refractivity contribution >= 4 is 13.5 Å². The second-order valence-corrected chi connectivity index (χ2v) is 9.50. The molecule has 1 fully saturated rings. The molecule has 1 aliphatic rings. The van der Waals surface area contributed by atoms with Crippen LogP contribution in [0.15, 0.2) is 12.7 Å². The van der Waals surface area contributed by atoms with E-state index in [1.807, 2.05) is 0 Å². The number of ether oxygens (including phenoxy) is 1. The van der Waals surface area contributed by atoms with Gasteiger partial charge in [-0.05, 0) is 31.8 Å². The molecule has 0 aromatic carbocycles. The largest absolute Gasteiger partial charge is 0.378 e. The third-order valence-electron chi connectivity index (χ3n) is 3.86. The number of hydrogen-bond donors (Lipinski definition) is 0.